The lowest BCUT2D eigenvalue weighted by atomic mass is 9.80. The first-order valence-corrected chi connectivity index (χ1v) is 6.77. The van der Waals surface area contributed by atoms with E-state index in [1.807, 2.05) is 6.07 Å². The minimum absolute atomic E-state index is 0.206. The molecule has 1 aliphatic rings. The van der Waals surface area contributed by atoms with Gasteiger partial charge in [0.15, 0.2) is 0 Å². The minimum atomic E-state index is -0.727. The first kappa shape index (κ1) is 13.1. The van der Waals surface area contributed by atoms with E-state index in [0.717, 1.165) is 6.42 Å². The van der Waals surface area contributed by atoms with Crippen molar-refractivity contribution in [1.82, 2.24) is 5.32 Å². The van der Waals surface area contributed by atoms with E-state index in [1.165, 1.54) is 24.8 Å². The Kier molecular flexibility index (Phi) is 4.76. The molecular formula is C15H21NO2. The van der Waals surface area contributed by atoms with Crippen molar-refractivity contribution >= 4 is 5.97 Å². The molecule has 0 saturated heterocycles. The van der Waals surface area contributed by atoms with Crippen molar-refractivity contribution in [3.8, 4) is 0 Å². The number of aliphatic carboxylic acids is 1. The first-order valence-electron chi connectivity index (χ1n) is 6.77. The third-order valence-corrected chi connectivity index (χ3v) is 3.74. The van der Waals surface area contributed by atoms with Gasteiger partial charge in [-0.2, -0.15) is 0 Å². The average Bonchev–Trinajstić information content (AvgIpc) is 2.40. The molecule has 0 amide bonds. The maximum atomic E-state index is 10.6. The van der Waals surface area contributed by atoms with Gasteiger partial charge in [-0.1, -0.05) is 43.2 Å². The van der Waals surface area contributed by atoms with Crippen molar-refractivity contribution in [2.75, 3.05) is 6.54 Å². The van der Waals surface area contributed by atoms with E-state index in [1.54, 1.807) is 0 Å². The monoisotopic (exact) mass is 247 g/mol. The van der Waals surface area contributed by atoms with Crippen LogP contribution in [-0.2, 0) is 4.79 Å². The Bertz CT molecular complexity index is 377. The number of rotatable bonds is 5. The van der Waals surface area contributed by atoms with Crippen LogP contribution < -0.4 is 5.32 Å². The summed E-state index contributed by atoms with van der Waals surface area (Å²) in [6.07, 6.45) is 5.08. The second-order valence-electron chi connectivity index (χ2n) is 5.01. The Hall–Kier alpha value is -1.35. The lowest BCUT2D eigenvalue weighted by Crippen LogP contribution is -2.38. The summed E-state index contributed by atoms with van der Waals surface area (Å²) in [6, 6.07) is 11.0. The molecule has 3 nitrogen and oxygen atoms in total. The number of nitrogens with one attached hydrogen (secondary N) is 1. The van der Waals surface area contributed by atoms with E-state index in [0.29, 0.717) is 18.5 Å². The van der Waals surface area contributed by atoms with Crippen molar-refractivity contribution in [3.63, 3.8) is 0 Å². The van der Waals surface area contributed by atoms with Crippen molar-refractivity contribution in [3.05, 3.63) is 35.9 Å². The van der Waals surface area contributed by atoms with E-state index in [2.05, 4.69) is 29.6 Å². The molecule has 98 valence electrons. The van der Waals surface area contributed by atoms with Crippen LogP contribution in [0.5, 0.6) is 0 Å². The van der Waals surface area contributed by atoms with Gasteiger partial charge in [0.1, 0.15) is 0 Å². The summed E-state index contributed by atoms with van der Waals surface area (Å²) in [6.45, 7) is 0.573. The summed E-state index contributed by atoms with van der Waals surface area (Å²) >= 11 is 0. The smallest absolute Gasteiger partial charge is 0.304 e. The number of hydrogen-bond acceptors (Lipinski definition) is 2. The lowest BCUT2D eigenvalue weighted by Gasteiger charge is -2.32. The van der Waals surface area contributed by atoms with E-state index >= 15 is 0 Å². The summed E-state index contributed by atoms with van der Waals surface area (Å²) in [7, 11) is 0. The Morgan fingerprint density at radius 2 is 1.94 bits per heavy atom. The summed E-state index contributed by atoms with van der Waals surface area (Å²) in [5.41, 5.74) is 1.38. The van der Waals surface area contributed by atoms with Crippen LogP contribution in [-0.4, -0.2) is 23.7 Å². The highest BCUT2D eigenvalue weighted by atomic mass is 16.4. The molecule has 1 fully saturated rings. The van der Waals surface area contributed by atoms with Gasteiger partial charge in [0.25, 0.3) is 0 Å². The number of carbonyl (C=O) groups is 1. The molecule has 2 atom stereocenters. The Balaban J connectivity index is 1.95. The van der Waals surface area contributed by atoms with Gasteiger partial charge in [-0.25, -0.2) is 0 Å². The lowest BCUT2D eigenvalue weighted by molar-refractivity contribution is -0.136. The van der Waals surface area contributed by atoms with Crippen molar-refractivity contribution in [2.45, 2.75) is 44.1 Å². The molecule has 0 bridgehead atoms. The van der Waals surface area contributed by atoms with Crippen molar-refractivity contribution < 1.29 is 9.90 Å². The predicted molar refractivity (Wildman–Crippen MR) is 71.7 cm³/mol. The van der Waals surface area contributed by atoms with Gasteiger partial charge in [-0.3, -0.25) is 4.79 Å². The molecule has 2 unspecified atom stereocenters. The molecule has 2 rings (SSSR count). The molecule has 0 spiro atoms. The third kappa shape index (κ3) is 3.57. The number of hydrogen-bond donors (Lipinski definition) is 2. The fourth-order valence-electron chi connectivity index (χ4n) is 2.84. The van der Waals surface area contributed by atoms with Gasteiger partial charge in [0.2, 0.25) is 0 Å². The van der Waals surface area contributed by atoms with Crippen LogP contribution >= 0.6 is 0 Å². The molecular weight excluding hydrogens is 226 g/mol. The third-order valence-electron chi connectivity index (χ3n) is 3.74. The molecule has 1 aromatic rings. The summed E-state index contributed by atoms with van der Waals surface area (Å²) in [5, 5.41) is 12.1. The Morgan fingerprint density at radius 1 is 1.22 bits per heavy atom. The topological polar surface area (TPSA) is 49.3 Å². The normalized spacial score (nSPS) is 23.8. The molecule has 2 N–H and O–H groups in total. The second kappa shape index (κ2) is 6.55. The molecule has 3 heteroatoms. The summed E-state index contributed by atoms with van der Waals surface area (Å²) in [4.78, 5) is 10.6. The molecule has 18 heavy (non-hydrogen) atoms. The zero-order chi connectivity index (χ0) is 12.8. The predicted octanol–water partition coefficient (Wildman–Crippen LogP) is 2.78. The fraction of sp³-hybridized carbons (Fsp3) is 0.533. The maximum absolute atomic E-state index is 10.6. The molecule has 0 aliphatic heterocycles. The van der Waals surface area contributed by atoms with Crippen LogP contribution in [0, 0.1) is 0 Å². The fourth-order valence-corrected chi connectivity index (χ4v) is 2.84. The second-order valence-corrected chi connectivity index (χ2v) is 5.01. The SMILES string of the molecule is O=C(O)CCNC1CCCCC1c1ccccc1. The number of carboxylic acids is 1. The van der Waals surface area contributed by atoms with Crippen LogP contribution in [0.15, 0.2) is 30.3 Å². The van der Waals surface area contributed by atoms with Gasteiger partial charge >= 0.3 is 5.97 Å². The summed E-state index contributed by atoms with van der Waals surface area (Å²) < 4.78 is 0. The quantitative estimate of drug-likeness (QED) is 0.841. The molecule has 0 radical (unpaired) electrons. The van der Waals surface area contributed by atoms with Crippen molar-refractivity contribution in [1.29, 1.82) is 0 Å². The highest BCUT2D eigenvalue weighted by molar-refractivity contribution is 5.66. The van der Waals surface area contributed by atoms with Crippen LogP contribution in [0.3, 0.4) is 0 Å². The van der Waals surface area contributed by atoms with Crippen molar-refractivity contribution in [2.24, 2.45) is 0 Å². The highest BCUT2D eigenvalue weighted by Crippen LogP contribution is 2.32. The number of carboxylic acid groups (broad SMARTS) is 1. The average molecular weight is 247 g/mol. The van der Waals surface area contributed by atoms with E-state index < -0.39 is 5.97 Å². The zero-order valence-electron chi connectivity index (χ0n) is 10.6. The standard InChI is InChI=1S/C15H21NO2/c17-15(18)10-11-16-14-9-5-4-8-13(14)12-6-2-1-3-7-12/h1-3,6-7,13-14,16H,4-5,8-11H2,(H,17,18). The largest absolute Gasteiger partial charge is 0.481 e. The van der Waals surface area contributed by atoms with E-state index in [4.69, 9.17) is 5.11 Å². The zero-order valence-corrected chi connectivity index (χ0v) is 10.6. The van der Waals surface area contributed by atoms with E-state index in [9.17, 15) is 4.79 Å². The number of benzene rings is 1. The van der Waals surface area contributed by atoms with Gasteiger partial charge < -0.3 is 10.4 Å². The molecule has 1 aliphatic carbocycles. The Morgan fingerprint density at radius 3 is 2.67 bits per heavy atom. The summed E-state index contributed by atoms with van der Waals surface area (Å²) in [5.74, 6) is -0.191. The highest BCUT2D eigenvalue weighted by Gasteiger charge is 2.25. The first-order chi connectivity index (χ1) is 8.77. The molecule has 0 heterocycles. The molecule has 1 saturated carbocycles. The maximum Gasteiger partial charge on any atom is 0.304 e. The molecule has 1 aromatic carbocycles. The van der Waals surface area contributed by atoms with Gasteiger partial charge in [0, 0.05) is 12.6 Å². The van der Waals surface area contributed by atoms with Crippen LogP contribution in [0.25, 0.3) is 0 Å². The Labute approximate surface area is 108 Å². The van der Waals surface area contributed by atoms with Gasteiger partial charge in [0.05, 0.1) is 6.42 Å². The van der Waals surface area contributed by atoms with Gasteiger partial charge in [-0.15, -0.1) is 0 Å². The van der Waals surface area contributed by atoms with Crippen LogP contribution in [0.2, 0.25) is 0 Å². The van der Waals surface area contributed by atoms with Crippen LogP contribution in [0.1, 0.15) is 43.6 Å². The van der Waals surface area contributed by atoms with E-state index in [-0.39, 0.29) is 6.42 Å². The minimum Gasteiger partial charge on any atom is -0.481 e. The van der Waals surface area contributed by atoms with Gasteiger partial charge in [-0.05, 0) is 24.3 Å². The van der Waals surface area contributed by atoms with Crippen LogP contribution in [0.4, 0.5) is 0 Å². The molecule has 0 aromatic heterocycles.